The summed E-state index contributed by atoms with van der Waals surface area (Å²) >= 11 is 0. The minimum absolute atomic E-state index is 0.0315. The summed E-state index contributed by atoms with van der Waals surface area (Å²) in [6, 6.07) is 16.7. The van der Waals surface area contributed by atoms with E-state index in [4.69, 9.17) is 4.74 Å². The quantitative estimate of drug-likeness (QED) is 0.727. The van der Waals surface area contributed by atoms with Crippen LogP contribution in [0.1, 0.15) is 18.9 Å². The van der Waals surface area contributed by atoms with Gasteiger partial charge in [0.1, 0.15) is 5.75 Å². The van der Waals surface area contributed by atoms with Gasteiger partial charge in [-0.15, -0.1) is 0 Å². The summed E-state index contributed by atoms with van der Waals surface area (Å²) in [4.78, 5) is 41.0. The zero-order valence-corrected chi connectivity index (χ0v) is 17.3. The van der Waals surface area contributed by atoms with Crippen molar-refractivity contribution in [2.24, 2.45) is 5.92 Å². The summed E-state index contributed by atoms with van der Waals surface area (Å²) in [5.41, 5.74) is 1.67. The Morgan fingerprint density at radius 2 is 1.83 bits per heavy atom. The van der Waals surface area contributed by atoms with Crippen LogP contribution >= 0.6 is 0 Å². The van der Waals surface area contributed by atoms with E-state index >= 15 is 0 Å². The van der Waals surface area contributed by atoms with Crippen molar-refractivity contribution < 1.29 is 19.1 Å². The minimum atomic E-state index is -0.421. The number of nitrogens with zero attached hydrogens (tertiary/aromatic N) is 2. The fraction of sp³-hybridized carbons (Fsp3) is 0.348. The van der Waals surface area contributed by atoms with E-state index < -0.39 is 5.92 Å². The predicted molar refractivity (Wildman–Crippen MR) is 114 cm³/mol. The molecule has 7 nitrogen and oxygen atoms in total. The van der Waals surface area contributed by atoms with Crippen LogP contribution in [0.5, 0.6) is 5.75 Å². The summed E-state index contributed by atoms with van der Waals surface area (Å²) in [5, 5.41) is 2.79. The number of carbonyl (C=O) groups excluding carboxylic acids is 3. The molecule has 0 aromatic heterocycles. The first-order valence-electron chi connectivity index (χ1n) is 10.0. The summed E-state index contributed by atoms with van der Waals surface area (Å²) in [5.74, 6) is -0.192. The van der Waals surface area contributed by atoms with Crippen molar-refractivity contribution in [1.82, 2.24) is 9.80 Å². The number of hydrogen-bond donors (Lipinski definition) is 1. The maximum absolute atomic E-state index is 12.9. The Morgan fingerprint density at radius 1 is 1.13 bits per heavy atom. The Morgan fingerprint density at radius 3 is 2.47 bits per heavy atom. The van der Waals surface area contributed by atoms with Crippen LogP contribution < -0.4 is 10.1 Å². The molecular formula is C23H27N3O4. The van der Waals surface area contributed by atoms with Crippen molar-refractivity contribution >= 4 is 23.4 Å². The number of likely N-dealkylation sites (N-methyl/N-ethyl adjacent to an activating group) is 1. The van der Waals surface area contributed by atoms with E-state index in [-0.39, 0.29) is 30.7 Å². The molecule has 1 aliphatic heterocycles. The van der Waals surface area contributed by atoms with Crippen LogP contribution in [0, 0.1) is 5.92 Å². The molecule has 158 valence electrons. The molecule has 3 rings (SSSR count). The van der Waals surface area contributed by atoms with Crippen molar-refractivity contribution in [3.8, 4) is 5.75 Å². The van der Waals surface area contributed by atoms with Crippen LogP contribution in [0.15, 0.2) is 54.6 Å². The van der Waals surface area contributed by atoms with Gasteiger partial charge in [-0.3, -0.25) is 14.4 Å². The molecule has 30 heavy (non-hydrogen) atoms. The Labute approximate surface area is 176 Å². The van der Waals surface area contributed by atoms with E-state index in [1.54, 1.807) is 36.3 Å². The lowest BCUT2D eigenvalue weighted by molar-refractivity contribution is -0.138. The second-order valence-electron chi connectivity index (χ2n) is 7.29. The highest BCUT2D eigenvalue weighted by Gasteiger charge is 2.36. The molecule has 0 aliphatic carbocycles. The molecule has 0 saturated carbocycles. The molecule has 3 amide bonds. The molecule has 1 atom stereocenters. The number of carbonyl (C=O) groups is 3. The topological polar surface area (TPSA) is 79.0 Å². The number of ether oxygens (including phenoxy) is 1. The molecule has 2 aromatic rings. The number of methoxy groups -OCH3 is 1. The summed E-state index contributed by atoms with van der Waals surface area (Å²) < 4.78 is 5.10. The summed E-state index contributed by atoms with van der Waals surface area (Å²) in [7, 11) is 1.58. The number of amides is 3. The fourth-order valence-electron chi connectivity index (χ4n) is 3.55. The van der Waals surface area contributed by atoms with E-state index in [0.717, 1.165) is 5.56 Å². The van der Waals surface area contributed by atoms with E-state index in [9.17, 15) is 14.4 Å². The molecule has 0 bridgehead atoms. The normalized spacial score (nSPS) is 15.7. The first-order valence-corrected chi connectivity index (χ1v) is 10.0. The lowest BCUT2D eigenvalue weighted by atomic mass is 10.1. The highest BCUT2D eigenvalue weighted by molar-refractivity contribution is 5.96. The molecule has 1 fully saturated rings. The second-order valence-corrected chi connectivity index (χ2v) is 7.29. The maximum Gasteiger partial charge on any atom is 0.243 e. The molecule has 1 aliphatic rings. The van der Waals surface area contributed by atoms with E-state index in [2.05, 4.69) is 5.32 Å². The standard InChI is InChI=1S/C23H27N3O4/c1-3-25(16-21(27)24-19-9-11-20(30-2)12-10-19)23(29)18-13-22(28)26(15-18)14-17-7-5-4-6-8-17/h4-12,18H,3,13-16H2,1-2H3,(H,24,27). The Bertz CT molecular complexity index is 883. The highest BCUT2D eigenvalue weighted by Crippen LogP contribution is 2.22. The van der Waals surface area contributed by atoms with Crippen LogP contribution in [0.25, 0.3) is 0 Å². The van der Waals surface area contributed by atoms with Crippen LogP contribution in [-0.4, -0.2) is 54.3 Å². The third kappa shape index (κ3) is 5.37. The molecule has 0 spiro atoms. The lowest BCUT2D eigenvalue weighted by Crippen LogP contribution is -2.42. The Kier molecular flexibility index (Phi) is 7.06. The van der Waals surface area contributed by atoms with E-state index in [1.165, 1.54) is 4.90 Å². The predicted octanol–water partition coefficient (Wildman–Crippen LogP) is 2.53. The van der Waals surface area contributed by atoms with Gasteiger partial charge in [0.2, 0.25) is 17.7 Å². The maximum atomic E-state index is 12.9. The van der Waals surface area contributed by atoms with Gasteiger partial charge in [0.25, 0.3) is 0 Å². The Hall–Kier alpha value is -3.35. The smallest absolute Gasteiger partial charge is 0.243 e. The first-order chi connectivity index (χ1) is 14.5. The monoisotopic (exact) mass is 409 g/mol. The number of benzene rings is 2. The van der Waals surface area contributed by atoms with Gasteiger partial charge in [-0.05, 0) is 36.8 Å². The van der Waals surface area contributed by atoms with Crippen molar-refractivity contribution in [2.75, 3.05) is 32.1 Å². The zero-order valence-electron chi connectivity index (χ0n) is 17.3. The van der Waals surface area contributed by atoms with Crippen LogP contribution in [0.4, 0.5) is 5.69 Å². The largest absolute Gasteiger partial charge is 0.497 e. The number of nitrogens with one attached hydrogen (secondary N) is 1. The SMILES string of the molecule is CCN(CC(=O)Nc1ccc(OC)cc1)C(=O)C1CC(=O)N(Cc2ccccc2)C1. The molecular weight excluding hydrogens is 382 g/mol. The molecule has 2 aromatic carbocycles. The third-order valence-electron chi connectivity index (χ3n) is 5.18. The van der Waals surface area contributed by atoms with Crippen LogP contribution in [0.2, 0.25) is 0 Å². The molecule has 1 saturated heterocycles. The summed E-state index contributed by atoms with van der Waals surface area (Å²) in [6.07, 6.45) is 0.183. The lowest BCUT2D eigenvalue weighted by Gasteiger charge is -2.24. The van der Waals surface area contributed by atoms with Gasteiger partial charge in [0.15, 0.2) is 0 Å². The van der Waals surface area contributed by atoms with Crippen molar-refractivity contribution in [1.29, 1.82) is 0 Å². The average Bonchev–Trinajstić information content (AvgIpc) is 3.13. The van der Waals surface area contributed by atoms with E-state index in [1.807, 2.05) is 37.3 Å². The van der Waals surface area contributed by atoms with Gasteiger partial charge in [-0.1, -0.05) is 30.3 Å². The second kappa shape index (κ2) is 9.91. The van der Waals surface area contributed by atoms with Crippen molar-refractivity contribution in [2.45, 2.75) is 19.9 Å². The van der Waals surface area contributed by atoms with E-state index in [0.29, 0.717) is 31.1 Å². The molecule has 0 radical (unpaired) electrons. The number of anilines is 1. The van der Waals surface area contributed by atoms with Crippen LogP contribution in [0.3, 0.4) is 0 Å². The highest BCUT2D eigenvalue weighted by atomic mass is 16.5. The van der Waals surface area contributed by atoms with Crippen molar-refractivity contribution in [3.05, 3.63) is 60.2 Å². The molecule has 1 N–H and O–H groups in total. The summed E-state index contributed by atoms with van der Waals surface area (Å²) in [6.45, 7) is 3.05. The number of rotatable bonds is 8. The number of hydrogen-bond acceptors (Lipinski definition) is 4. The third-order valence-corrected chi connectivity index (χ3v) is 5.18. The zero-order chi connectivity index (χ0) is 21.5. The first kappa shape index (κ1) is 21.4. The van der Waals surface area contributed by atoms with Gasteiger partial charge in [-0.25, -0.2) is 0 Å². The van der Waals surface area contributed by atoms with Crippen LogP contribution in [-0.2, 0) is 20.9 Å². The van der Waals surface area contributed by atoms with Gasteiger partial charge in [0.05, 0.1) is 19.6 Å². The van der Waals surface area contributed by atoms with Gasteiger partial charge < -0.3 is 19.9 Å². The molecule has 1 heterocycles. The average molecular weight is 409 g/mol. The molecule has 1 unspecified atom stereocenters. The molecule has 7 heteroatoms. The van der Waals surface area contributed by atoms with Crippen molar-refractivity contribution in [3.63, 3.8) is 0 Å². The van der Waals surface area contributed by atoms with Gasteiger partial charge >= 0.3 is 0 Å². The number of likely N-dealkylation sites (tertiary alicyclic amines) is 1. The fourth-order valence-corrected chi connectivity index (χ4v) is 3.55. The Balaban J connectivity index is 1.55. The van der Waals surface area contributed by atoms with Gasteiger partial charge in [0, 0.05) is 31.7 Å². The minimum Gasteiger partial charge on any atom is -0.497 e. The van der Waals surface area contributed by atoms with Gasteiger partial charge in [-0.2, -0.15) is 0 Å².